The molecule has 17 heavy (non-hydrogen) atoms. The van der Waals surface area contributed by atoms with Crippen molar-refractivity contribution in [2.75, 3.05) is 12.4 Å². The average molecular weight is 236 g/mol. The van der Waals surface area contributed by atoms with Crippen LogP contribution in [0.1, 0.15) is 23.2 Å². The van der Waals surface area contributed by atoms with Gasteiger partial charge in [0.1, 0.15) is 11.4 Å². The number of esters is 1. The average Bonchev–Trinajstić information content (AvgIpc) is 3.09. The van der Waals surface area contributed by atoms with E-state index in [4.69, 9.17) is 5.11 Å². The maximum absolute atomic E-state index is 11.3. The van der Waals surface area contributed by atoms with Crippen LogP contribution < -0.4 is 5.32 Å². The van der Waals surface area contributed by atoms with Crippen molar-refractivity contribution in [2.45, 2.75) is 18.4 Å². The number of ether oxygens (including phenoxy) is 1. The maximum atomic E-state index is 11.3. The van der Waals surface area contributed by atoms with E-state index in [0.29, 0.717) is 24.2 Å². The number of aromatic nitrogens is 1. The van der Waals surface area contributed by atoms with Gasteiger partial charge in [0.15, 0.2) is 0 Å². The number of pyridine rings is 1. The Hall–Kier alpha value is -2.11. The second-order valence-electron chi connectivity index (χ2n) is 3.93. The summed E-state index contributed by atoms with van der Waals surface area (Å²) in [4.78, 5) is 26.2. The molecule has 0 unspecified atom stereocenters. The highest BCUT2D eigenvalue weighted by Gasteiger charge is 2.50. The second-order valence-corrected chi connectivity index (χ2v) is 3.93. The van der Waals surface area contributed by atoms with Gasteiger partial charge in [-0.3, -0.25) is 0 Å². The van der Waals surface area contributed by atoms with E-state index >= 15 is 0 Å². The van der Waals surface area contributed by atoms with Gasteiger partial charge in [0, 0.05) is 6.20 Å². The molecule has 6 nitrogen and oxygen atoms in total. The van der Waals surface area contributed by atoms with Crippen LogP contribution in [0.4, 0.5) is 5.82 Å². The van der Waals surface area contributed by atoms with E-state index in [0.717, 1.165) is 0 Å². The largest absolute Gasteiger partial charge is 0.480 e. The lowest BCUT2D eigenvalue weighted by atomic mass is 10.2. The van der Waals surface area contributed by atoms with Gasteiger partial charge in [-0.05, 0) is 25.0 Å². The first-order valence-corrected chi connectivity index (χ1v) is 5.13. The molecule has 0 bridgehead atoms. The van der Waals surface area contributed by atoms with Crippen LogP contribution >= 0.6 is 0 Å². The Morgan fingerprint density at radius 3 is 2.76 bits per heavy atom. The Morgan fingerprint density at radius 2 is 2.24 bits per heavy atom. The number of aliphatic carboxylic acids is 1. The molecule has 0 radical (unpaired) electrons. The number of nitrogens with one attached hydrogen (secondary N) is 1. The fourth-order valence-electron chi connectivity index (χ4n) is 1.51. The van der Waals surface area contributed by atoms with Crippen LogP contribution in [0.25, 0.3) is 0 Å². The van der Waals surface area contributed by atoms with Gasteiger partial charge in [0.05, 0.1) is 12.7 Å². The Morgan fingerprint density at radius 1 is 1.53 bits per heavy atom. The number of anilines is 1. The van der Waals surface area contributed by atoms with E-state index in [-0.39, 0.29) is 0 Å². The number of hydrogen-bond donors (Lipinski definition) is 2. The van der Waals surface area contributed by atoms with Crippen LogP contribution in [0.3, 0.4) is 0 Å². The van der Waals surface area contributed by atoms with Gasteiger partial charge in [0.2, 0.25) is 0 Å². The van der Waals surface area contributed by atoms with Gasteiger partial charge in [-0.15, -0.1) is 0 Å². The summed E-state index contributed by atoms with van der Waals surface area (Å²) in [6.45, 7) is 0. The van der Waals surface area contributed by atoms with E-state index in [1.807, 2.05) is 0 Å². The van der Waals surface area contributed by atoms with E-state index in [2.05, 4.69) is 15.0 Å². The van der Waals surface area contributed by atoms with Gasteiger partial charge >= 0.3 is 11.9 Å². The lowest BCUT2D eigenvalue weighted by molar-refractivity contribution is -0.138. The highest BCUT2D eigenvalue weighted by atomic mass is 16.5. The number of carbonyl (C=O) groups excluding carboxylic acids is 1. The molecule has 1 fully saturated rings. The van der Waals surface area contributed by atoms with Crippen LogP contribution in [0, 0.1) is 0 Å². The first-order valence-electron chi connectivity index (χ1n) is 5.13. The SMILES string of the molecule is COC(=O)c1ccnc(NC2(C(=O)O)CC2)c1. The van der Waals surface area contributed by atoms with Crippen molar-refractivity contribution in [2.24, 2.45) is 0 Å². The van der Waals surface area contributed by atoms with Crippen LogP contribution in [0.5, 0.6) is 0 Å². The summed E-state index contributed by atoms with van der Waals surface area (Å²) >= 11 is 0. The highest BCUT2D eigenvalue weighted by Crippen LogP contribution is 2.38. The minimum absolute atomic E-state index is 0.339. The molecule has 0 aromatic carbocycles. The highest BCUT2D eigenvalue weighted by molar-refractivity contribution is 5.91. The van der Waals surface area contributed by atoms with E-state index < -0.39 is 17.5 Å². The lowest BCUT2D eigenvalue weighted by Gasteiger charge is -2.13. The number of hydrogen-bond acceptors (Lipinski definition) is 5. The van der Waals surface area contributed by atoms with Gasteiger partial charge in [-0.2, -0.15) is 0 Å². The molecule has 0 amide bonds. The molecule has 1 aliphatic rings. The fraction of sp³-hybridized carbons (Fsp3) is 0.364. The predicted molar refractivity (Wildman–Crippen MR) is 58.8 cm³/mol. The fourth-order valence-corrected chi connectivity index (χ4v) is 1.51. The molecule has 0 saturated heterocycles. The third-order valence-corrected chi connectivity index (χ3v) is 2.71. The van der Waals surface area contributed by atoms with Crippen molar-refractivity contribution in [1.29, 1.82) is 0 Å². The summed E-state index contributed by atoms with van der Waals surface area (Å²) in [7, 11) is 1.29. The van der Waals surface area contributed by atoms with Gasteiger partial charge in [-0.25, -0.2) is 14.6 Å². The van der Waals surface area contributed by atoms with E-state index in [9.17, 15) is 9.59 Å². The van der Waals surface area contributed by atoms with E-state index in [1.165, 1.54) is 25.4 Å². The van der Waals surface area contributed by atoms with Gasteiger partial charge in [-0.1, -0.05) is 0 Å². The number of rotatable bonds is 4. The Labute approximate surface area is 97.6 Å². The Kier molecular flexibility index (Phi) is 2.71. The zero-order valence-electron chi connectivity index (χ0n) is 9.27. The monoisotopic (exact) mass is 236 g/mol. The molecule has 2 rings (SSSR count). The molecule has 1 aromatic rings. The van der Waals surface area contributed by atoms with Crippen molar-refractivity contribution in [1.82, 2.24) is 4.98 Å². The maximum Gasteiger partial charge on any atom is 0.338 e. The number of carbonyl (C=O) groups is 2. The summed E-state index contributed by atoms with van der Waals surface area (Å²) < 4.78 is 4.57. The minimum Gasteiger partial charge on any atom is -0.480 e. The molecule has 2 N–H and O–H groups in total. The van der Waals surface area contributed by atoms with Crippen molar-refractivity contribution < 1.29 is 19.4 Å². The summed E-state index contributed by atoms with van der Waals surface area (Å²) in [6.07, 6.45) is 2.56. The van der Waals surface area contributed by atoms with Crippen molar-refractivity contribution in [3.63, 3.8) is 0 Å². The number of carboxylic acids is 1. The molecule has 1 aromatic heterocycles. The molecule has 1 aliphatic carbocycles. The van der Waals surface area contributed by atoms with Gasteiger partial charge < -0.3 is 15.2 Å². The Balaban J connectivity index is 2.17. The first kappa shape index (κ1) is 11.4. The second kappa shape index (κ2) is 4.04. The minimum atomic E-state index is -0.915. The van der Waals surface area contributed by atoms with Crippen molar-refractivity contribution in [3.05, 3.63) is 23.9 Å². The van der Waals surface area contributed by atoms with Crippen LogP contribution in [0.15, 0.2) is 18.3 Å². The van der Waals surface area contributed by atoms with Crippen LogP contribution in [-0.2, 0) is 9.53 Å². The molecule has 90 valence electrons. The zero-order chi connectivity index (χ0) is 12.5. The summed E-state index contributed by atoms with van der Waals surface area (Å²) in [5.41, 5.74) is -0.576. The molecule has 0 atom stereocenters. The first-order chi connectivity index (χ1) is 8.07. The number of carboxylic acid groups (broad SMARTS) is 1. The topological polar surface area (TPSA) is 88.5 Å². The molecular weight excluding hydrogens is 224 g/mol. The lowest BCUT2D eigenvalue weighted by Crippen LogP contribution is -2.31. The number of methoxy groups -OCH3 is 1. The van der Waals surface area contributed by atoms with Gasteiger partial charge in [0.25, 0.3) is 0 Å². The van der Waals surface area contributed by atoms with Crippen molar-refractivity contribution >= 4 is 17.8 Å². The molecule has 0 spiro atoms. The molecule has 6 heteroatoms. The standard InChI is InChI=1S/C11H12N2O4/c1-17-9(14)7-2-5-12-8(6-7)13-11(3-4-11)10(15)16/h2,5-6H,3-4H2,1H3,(H,12,13)(H,15,16). The molecular formula is C11H12N2O4. The van der Waals surface area contributed by atoms with Crippen molar-refractivity contribution in [3.8, 4) is 0 Å². The smallest absolute Gasteiger partial charge is 0.338 e. The quantitative estimate of drug-likeness (QED) is 0.755. The Bertz CT molecular complexity index is 468. The summed E-state index contributed by atoms with van der Waals surface area (Å²) in [5, 5.41) is 11.8. The zero-order valence-corrected chi connectivity index (χ0v) is 9.27. The third kappa shape index (κ3) is 2.20. The number of nitrogens with zero attached hydrogens (tertiary/aromatic N) is 1. The molecule has 1 saturated carbocycles. The van der Waals surface area contributed by atoms with E-state index in [1.54, 1.807) is 0 Å². The molecule has 0 aliphatic heterocycles. The predicted octanol–water partition coefficient (Wildman–Crippen LogP) is 0.897. The molecule has 1 heterocycles. The summed E-state index contributed by atoms with van der Waals surface area (Å²) in [5.74, 6) is -1.01. The van der Waals surface area contributed by atoms with Crippen LogP contribution in [-0.4, -0.2) is 34.7 Å². The van der Waals surface area contributed by atoms with Crippen LogP contribution in [0.2, 0.25) is 0 Å². The normalized spacial score (nSPS) is 16.1. The summed E-state index contributed by atoms with van der Waals surface area (Å²) in [6, 6.07) is 2.99. The third-order valence-electron chi connectivity index (χ3n) is 2.71.